The zero-order valence-electron chi connectivity index (χ0n) is 12.5. The fourth-order valence-electron chi connectivity index (χ4n) is 2.45. The second-order valence-corrected chi connectivity index (χ2v) is 6.34. The van der Waals surface area contributed by atoms with E-state index in [0.717, 1.165) is 0 Å². The molecule has 1 aromatic carbocycles. The van der Waals surface area contributed by atoms with Crippen LogP contribution in [0.2, 0.25) is 0 Å². The summed E-state index contributed by atoms with van der Waals surface area (Å²) in [5.41, 5.74) is 2.91. The highest BCUT2D eigenvalue weighted by Gasteiger charge is 2.23. The lowest BCUT2D eigenvalue weighted by atomic mass is 9.90. The summed E-state index contributed by atoms with van der Waals surface area (Å²) in [6, 6.07) is 3.78. The van der Waals surface area contributed by atoms with Gasteiger partial charge in [0.25, 0.3) is 0 Å². The molecule has 25 heavy (non-hydrogen) atoms. The number of aromatic hydroxyl groups is 1. The molecule has 0 aliphatic heterocycles. The van der Waals surface area contributed by atoms with Crippen LogP contribution >= 0.6 is 0 Å². The number of aromatic nitrogens is 2. The molecular weight excluding hydrogens is 352 g/mol. The Bertz CT molecular complexity index is 1000. The van der Waals surface area contributed by atoms with E-state index in [1.165, 1.54) is 24.4 Å². The Morgan fingerprint density at radius 3 is 2.68 bits per heavy atom. The van der Waals surface area contributed by atoms with Crippen molar-refractivity contribution >= 4 is 39.4 Å². The highest BCUT2D eigenvalue weighted by molar-refractivity contribution is 7.87. The fourth-order valence-corrected chi connectivity index (χ4v) is 2.87. The van der Waals surface area contributed by atoms with Gasteiger partial charge < -0.3 is 5.11 Å². The Kier molecular flexibility index (Phi) is 4.12. The second kappa shape index (κ2) is 6.12. The standard InChI is InChI=1S/C14H12N4O6S/c19-11-2-1-9(18-25(22,23)24)5-10(11)7-3-8-6-15-14(17-21)16-13(8)12(20)4-7/h1-3,5-6,18-19,21H,4H2,(H,15,16,17)(H,22,23,24). The highest BCUT2D eigenvalue weighted by Crippen LogP contribution is 2.35. The van der Waals surface area contributed by atoms with Gasteiger partial charge in [-0.3, -0.25) is 19.3 Å². The molecule has 130 valence electrons. The van der Waals surface area contributed by atoms with Gasteiger partial charge in [-0.05, 0) is 29.8 Å². The molecule has 0 saturated carbocycles. The first kappa shape index (κ1) is 16.8. The molecule has 1 aliphatic rings. The summed E-state index contributed by atoms with van der Waals surface area (Å²) >= 11 is 0. The molecule has 3 rings (SSSR count). The van der Waals surface area contributed by atoms with Crippen molar-refractivity contribution in [1.29, 1.82) is 0 Å². The van der Waals surface area contributed by atoms with E-state index in [4.69, 9.17) is 9.76 Å². The second-order valence-electron chi connectivity index (χ2n) is 5.19. The predicted molar refractivity (Wildman–Crippen MR) is 87.5 cm³/mol. The van der Waals surface area contributed by atoms with E-state index in [9.17, 15) is 18.3 Å². The van der Waals surface area contributed by atoms with Crippen molar-refractivity contribution in [2.45, 2.75) is 6.42 Å². The molecule has 1 aromatic heterocycles. The topological polar surface area (TPSA) is 162 Å². The number of hydrogen-bond donors (Lipinski definition) is 5. The summed E-state index contributed by atoms with van der Waals surface area (Å²) in [4.78, 5) is 20.0. The Morgan fingerprint density at radius 1 is 1.24 bits per heavy atom. The monoisotopic (exact) mass is 364 g/mol. The van der Waals surface area contributed by atoms with Crippen LogP contribution in [0.3, 0.4) is 0 Å². The highest BCUT2D eigenvalue weighted by atomic mass is 32.2. The van der Waals surface area contributed by atoms with E-state index < -0.39 is 10.3 Å². The van der Waals surface area contributed by atoms with Crippen molar-refractivity contribution in [2.24, 2.45) is 0 Å². The van der Waals surface area contributed by atoms with E-state index in [1.54, 1.807) is 11.6 Å². The zero-order valence-corrected chi connectivity index (χ0v) is 13.3. The lowest BCUT2D eigenvalue weighted by Gasteiger charge is -2.17. The maximum atomic E-state index is 12.3. The number of benzene rings is 1. The number of Topliss-reactive ketones (excluding diaryl/α,β-unsaturated/α-hetero) is 1. The van der Waals surface area contributed by atoms with Crippen molar-refractivity contribution in [3.05, 3.63) is 41.2 Å². The van der Waals surface area contributed by atoms with Crippen LogP contribution in [0.25, 0.3) is 11.6 Å². The number of fused-ring (bicyclic) bond motifs is 1. The van der Waals surface area contributed by atoms with Gasteiger partial charge in [-0.25, -0.2) is 15.4 Å². The lowest BCUT2D eigenvalue weighted by Crippen LogP contribution is -2.13. The van der Waals surface area contributed by atoms with Crippen molar-refractivity contribution in [1.82, 2.24) is 9.97 Å². The minimum Gasteiger partial charge on any atom is -0.507 e. The third-order valence-corrected chi connectivity index (χ3v) is 3.94. The number of carbonyl (C=O) groups excluding carboxylic acids is 1. The minimum atomic E-state index is -4.47. The number of allylic oxidation sites excluding steroid dienone is 1. The fraction of sp³-hybridized carbons (Fsp3) is 0.0714. The van der Waals surface area contributed by atoms with E-state index in [-0.39, 0.29) is 40.8 Å². The number of nitrogens with zero attached hydrogens (tertiary/aromatic N) is 2. The Labute approximate surface area is 141 Å². The Morgan fingerprint density at radius 2 is 2.00 bits per heavy atom. The van der Waals surface area contributed by atoms with Crippen LogP contribution in [0.15, 0.2) is 24.4 Å². The minimum absolute atomic E-state index is 0.0190. The first-order chi connectivity index (χ1) is 11.8. The van der Waals surface area contributed by atoms with E-state index in [0.29, 0.717) is 11.1 Å². The van der Waals surface area contributed by atoms with Crippen molar-refractivity contribution in [3.8, 4) is 5.75 Å². The smallest absolute Gasteiger partial charge is 0.357 e. The van der Waals surface area contributed by atoms with Gasteiger partial charge >= 0.3 is 10.3 Å². The molecule has 0 atom stereocenters. The average Bonchev–Trinajstić information content (AvgIpc) is 2.55. The summed E-state index contributed by atoms with van der Waals surface area (Å²) in [5.74, 6) is -0.650. The molecule has 0 amide bonds. The van der Waals surface area contributed by atoms with Crippen LogP contribution in [-0.4, -0.2) is 39.0 Å². The average molecular weight is 364 g/mol. The molecule has 0 unspecified atom stereocenters. The summed E-state index contributed by atoms with van der Waals surface area (Å²) < 4.78 is 32.6. The number of phenolic OH excluding ortho intramolecular Hbond substituents is 1. The van der Waals surface area contributed by atoms with Gasteiger partial charge in [0.05, 0.1) is 5.69 Å². The van der Waals surface area contributed by atoms with Crippen LogP contribution < -0.4 is 10.2 Å². The molecule has 5 N–H and O–H groups in total. The van der Waals surface area contributed by atoms with Crippen molar-refractivity contribution < 1.29 is 28.1 Å². The normalized spacial score (nSPS) is 13.8. The number of anilines is 2. The van der Waals surface area contributed by atoms with E-state index in [1.807, 2.05) is 4.72 Å². The number of carbonyl (C=O) groups is 1. The largest absolute Gasteiger partial charge is 0.507 e. The van der Waals surface area contributed by atoms with Gasteiger partial charge in [0.1, 0.15) is 11.4 Å². The number of nitrogens with one attached hydrogen (secondary N) is 2. The quantitative estimate of drug-likeness (QED) is 0.306. The van der Waals surface area contributed by atoms with Gasteiger partial charge in [-0.2, -0.15) is 8.42 Å². The van der Waals surface area contributed by atoms with E-state index >= 15 is 0 Å². The van der Waals surface area contributed by atoms with Crippen molar-refractivity contribution in [2.75, 3.05) is 10.2 Å². The van der Waals surface area contributed by atoms with E-state index in [2.05, 4.69) is 9.97 Å². The molecule has 11 heteroatoms. The van der Waals surface area contributed by atoms with Crippen LogP contribution in [0.1, 0.15) is 28.0 Å². The van der Waals surface area contributed by atoms with Gasteiger partial charge in [-0.15, -0.1) is 0 Å². The Hall–Kier alpha value is -3.02. The number of phenols is 1. The molecule has 0 spiro atoms. The maximum Gasteiger partial charge on any atom is 0.357 e. The molecule has 1 heterocycles. The first-order valence-corrected chi connectivity index (χ1v) is 8.30. The Balaban J connectivity index is 2.06. The zero-order chi connectivity index (χ0) is 18.2. The molecule has 0 saturated heterocycles. The number of hydrogen-bond acceptors (Lipinski definition) is 8. The van der Waals surface area contributed by atoms with Gasteiger partial charge in [0.15, 0.2) is 5.78 Å². The summed E-state index contributed by atoms with van der Waals surface area (Å²) in [5, 5.41) is 18.8. The van der Waals surface area contributed by atoms with Gasteiger partial charge in [0, 0.05) is 23.7 Å². The molecule has 0 radical (unpaired) electrons. The summed E-state index contributed by atoms with van der Waals surface area (Å²) in [6.07, 6.45) is 2.80. The third kappa shape index (κ3) is 3.57. The summed E-state index contributed by atoms with van der Waals surface area (Å²) in [6.45, 7) is 0. The maximum absolute atomic E-state index is 12.3. The number of rotatable bonds is 4. The van der Waals surface area contributed by atoms with Gasteiger partial charge in [-0.1, -0.05) is 0 Å². The molecule has 10 nitrogen and oxygen atoms in total. The summed E-state index contributed by atoms with van der Waals surface area (Å²) in [7, 11) is -4.47. The molecular formula is C14H12N4O6S. The molecule has 0 bridgehead atoms. The lowest BCUT2D eigenvalue weighted by molar-refractivity contribution is 0.0992. The SMILES string of the molecule is O=C1CC(c2cc(NS(=O)(=O)O)ccc2O)=Cc2cnc(NO)nc21. The number of ketones is 1. The molecule has 0 fully saturated rings. The van der Waals surface area contributed by atoms with Gasteiger partial charge in [0.2, 0.25) is 5.95 Å². The van der Waals surface area contributed by atoms with Crippen LogP contribution in [0, 0.1) is 0 Å². The predicted octanol–water partition coefficient (Wildman–Crippen LogP) is 1.32. The third-order valence-electron chi connectivity index (χ3n) is 3.45. The van der Waals surface area contributed by atoms with Crippen molar-refractivity contribution in [3.63, 3.8) is 0 Å². The first-order valence-electron chi connectivity index (χ1n) is 6.86. The molecule has 2 aromatic rings. The van der Waals surface area contributed by atoms with Crippen LogP contribution in [-0.2, 0) is 10.3 Å². The van der Waals surface area contributed by atoms with Crippen LogP contribution in [0.4, 0.5) is 11.6 Å². The van der Waals surface area contributed by atoms with Crippen LogP contribution in [0.5, 0.6) is 5.75 Å². The molecule has 1 aliphatic carbocycles.